The highest BCUT2D eigenvalue weighted by atomic mass is 127. The molecule has 1 N–H and O–H groups in total. The number of nitrogens with one attached hydrogen (secondary N) is 1. The average Bonchev–Trinajstić information content (AvgIpc) is 3.15. The van der Waals surface area contributed by atoms with E-state index in [-0.39, 0.29) is 0 Å². The minimum atomic E-state index is 0.846. The van der Waals surface area contributed by atoms with Gasteiger partial charge in [-0.25, -0.2) is 4.98 Å². The molecule has 1 saturated carbocycles. The highest BCUT2D eigenvalue weighted by molar-refractivity contribution is 14.1. The van der Waals surface area contributed by atoms with Gasteiger partial charge in [-0.2, -0.15) is 5.10 Å². The summed E-state index contributed by atoms with van der Waals surface area (Å²) in [4.78, 5) is 5.99. The molecule has 0 unspecified atom stereocenters. The Hall–Kier alpha value is -0.890. The first-order valence-corrected chi connectivity index (χ1v) is 9.99. The first kappa shape index (κ1) is 14.7. The van der Waals surface area contributed by atoms with Crippen LogP contribution in [-0.2, 0) is 11.5 Å². The standard InChI is InChI=1S/C16H19IN4S/c1-8-11(6-17)9(2)19-16-12(8)13-14(22-16)15(20-21(13)3)18-7-10-4-5-10/h10H,4-7H2,1-3H3,(H,18,20). The second kappa shape index (κ2) is 5.33. The number of anilines is 1. The molecule has 0 bridgehead atoms. The first-order chi connectivity index (χ1) is 10.6. The van der Waals surface area contributed by atoms with E-state index in [1.165, 1.54) is 39.6 Å². The molecule has 0 spiro atoms. The largest absolute Gasteiger partial charge is 0.367 e. The molecule has 6 heteroatoms. The van der Waals surface area contributed by atoms with Crippen LogP contribution in [-0.4, -0.2) is 21.3 Å². The zero-order valence-corrected chi connectivity index (χ0v) is 16.0. The Balaban J connectivity index is 1.93. The highest BCUT2D eigenvalue weighted by Crippen LogP contribution is 2.40. The predicted octanol–water partition coefficient (Wildman–Crippen LogP) is 4.56. The summed E-state index contributed by atoms with van der Waals surface area (Å²) in [6, 6.07) is 0. The van der Waals surface area contributed by atoms with Gasteiger partial charge in [-0.15, -0.1) is 11.3 Å². The van der Waals surface area contributed by atoms with Crippen molar-refractivity contribution in [3.8, 4) is 0 Å². The van der Waals surface area contributed by atoms with E-state index in [4.69, 9.17) is 10.1 Å². The summed E-state index contributed by atoms with van der Waals surface area (Å²) in [6.45, 7) is 5.39. The lowest BCUT2D eigenvalue weighted by molar-refractivity contribution is 0.792. The first-order valence-electron chi connectivity index (χ1n) is 7.65. The van der Waals surface area contributed by atoms with E-state index in [9.17, 15) is 0 Å². The third kappa shape index (κ3) is 2.22. The number of aromatic nitrogens is 3. The number of hydrogen-bond donors (Lipinski definition) is 1. The van der Waals surface area contributed by atoms with Crippen molar-refractivity contribution < 1.29 is 0 Å². The number of pyridine rings is 1. The van der Waals surface area contributed by atoms with E-state index in [1.807, 2.05) is 11.7 Å². The van der Waals surface area contributed by atoms with E-state index in [0.29, 0.717) is 0 Å². The Labute approximate surface area is 147 Å². The molecule has 4 nitrogen and oxygen atoms in total. The van der Waals surface area contributed by atoms with Gasteiger partial charge in [0, 0.05) is 29.1 Å². The van der Waals surface area contributed by atoms with Gasteiger partial charge in [0.05, 0.1) is 10.2 Å². The SMILES string of the molecule is Cc1nc2sc3c(NCC4CC4)nn(C)c3c2c(C)c1CI. The Kier molecular flexibility index (Phi) is 3.56. The average molecular weight is 426 g/mol. The molecule has 4 rings (SSSR count). The van der Waals surface area contributed by atoms with Crippen LogP contribution in [0.2, 0.25) is 0 Å². The van der Waals surface area contributed by atoms with Gasteiger partial charge in [0.2, 0.25) is 0 Å². The smallest absolute Gasteiger partial charge is 0.166 e. The summed E-state index contributed by atoms with van der Waals surface area (Å²) in [6.07, 6.45) is 2.71. The van der Waals surface area contributed by atoms with Crippen LogP contribution in [0.15, 0.2) is 0 Å². The topological polar surface area (TPSA) is 42.7 Å². The lowest BCUT2D eigenvalue weighted by atomic mass is 10.1. The lowest BCUT2D eigenvalue weighted by Crippen LogP contribution is -2.04. The Morgan fingerprint density at radius 1 is 1.36 bits per heavy atom. The van der Waals surface area contributed by atoms with Gasteiger partial charge < -0.3 is 5.32 Å². The van der Waals surface area contributed by atoms with Crippen LogP contribution in [0, 0.1) is 19.8 Å². The number of thiophene rings is 1. The molecule has 0 saturated heterocycles. The van der Waals surface area contributed by atoms with Gasteiger partial charge in [-0.05, 0) is 43.7 Å². The molecule has 22 heavy (non-hydrogen) atoms. The minimum absolute atomic E-state index is 0.846. The molecule has 0 aliphatic heterocycles. The molecular weight excluding hydrogens is 407 g/mol. The minimum Gasteiger partial charge on any atom is -0.367 e. The van der Waals surface area contributed by atoms with Crippen molar-refractivity contribution in [2.45, 2.75) is 31.1 Å². The maximum absolute atomic E-state index is 4.85. The van der Waals surface area contributed by atoms with E-state index < -0.39 is 0 Å². The summed E-state index contributed by atoms with van der Waals surface area (Å²) in [5, 5.41) is 9.53. The van der Waals surface area contributed by atoms with Crippen molar-refractivity contribution >= 4 is 60.2 Å². The van der Waals surface area contributed by atoms with Gasteiger partial charge in [0.1, 0.15) is 4.83 Å². The number of halogens is 1. The van der Waals surface area contributed by atoms with Crippen LogP contribution < -0.4 is 5.32 Å². The maximum Gasteiger partial charge on any atom is 0.166 e. The monoisotopic (exact) mass is 426 g/mol. The normalized spacial score (nSPS) is 15.1. The van der Waals surface area contributed by atoms with Gasteiger partial charge >= 0.3 is 0 Å². The molecule has 3 heterocycles. The molecule has 116 valence electrons. The molecular formula is C16H19IN4S. The summed E-state index contributed by atoms with van der Waals surface area (Å²) in [7, 11) is 2.04. The number of nitrogens with zero attached hydrogens (tertiary/aromatic N) is 3. The molecule has 1 aliphatic carbocycles. The Morgan fingerprint density at radius 2 is 2.14 bits per heavy atom. The van der Waals surface area contributed by atoms with Gasteiger partial charge in [-0.1, -0.05) is 22.6 Å². The second-order valence-electron chi connectivity index (χ2n) is 6.19. The van der Waals surface area contributed by atoms with Gasteiger partial charge in [0.25, 0.3) is 0 Å². The summed E-state index contributed by atoms with van der Waals surface area (Å²) < 4.78 is 4.27. The van der Waals surface area contributed by atoms with Crippen LogP contribution in [0.4, 0.5) is 5.82 Å². The third-order valence-corrected chi connectivity index (χ3v) is 6.42. The molecule has 0 aromatic carbocycles. The zero-order valence-electron chi connectivity index (χ0n) is 13.0. The maximum atomic E-state index is 4.85. The van der Waals surface area contributed by atoms with Crippen molar-refractivity contribution in [2.24, 2.45) is 13.0 Å². The fourth-order valence-electron chi connectivity index (χ4n) is 3.06. The molecule has 0 amide bonds. The molecule has 3 aromatic rings. The Morgan fingerprint density at radius 3 is 2.82 bits per heavy atom. The lowest BCUT2D eigenvalue weighted by Gasteiger charge is -2.07. The van der Waals surface area contributed by atoms with Crippen LogP contribution in [0.25, 0.3) is 20.4 Å². The molecule has 0 radical (unpaired) electrons. The van der Waals surface area contributed by atoms with Crippen molar-refractivity contribution in [3.05, 3.63) is 16.8 Å². The summed E-state index contributed by atoms with van der Waals surface area (Å²) >= 11 is 4.20. The van der Waals surface area contributed by atoms with Crippen molar-refractivity contribution in [1.82, 2.24) is 14.8 Å². The predicted molar refractivity (Wildman–Crippen MR) is 102 cm³/mol. The zero-order chi connectivity index (χ0) is 15.4. The highest BCUT2D eigenvalue weighted by Gasteiger charge is 2.23. The van der Waals surface area contributed by atoms with Gasteiger partial charge in [-0.3, -0.25) is 4.68 Å². The fourth-order valence-corrected chi connectivity index (χ4v) is 5.45. The molecule has 3 aromatic heterocycles. The van der Waals surface area contributed by atoms with E-state index >= 15 is 0 Å². The van der Waals surface area contributed by atoms with Crippen LogP contribution in [0.3, 0.4) is 0 Å². The van der Waals surface area contributed by atoms with Crippen molar-refractivity contribution in [1.29, 1.82) is 0 Å². The second-order valence-corrected chi connectivity index (χ2v) is 7.95. The number of fused-ring (bicyclic) bond motifs is 3. The number of alkyl halides is 1. The summed E-state index contributed by atoms with van der Waals surface area (Å²) in [5.74, 6) is 1.87. The quantitative estimate of drug-likeness (QED) is 0.492. The van der Waals surface area contributed by atoms with E-state index in [0.717, 1.165) is 33.2 Å². The van der Waals surface area contributed by atoms with Crippen molar-refractivity contribution in [2.75, 3.05) is 11.9 Å². The van der Waals surface area contributed by atoms with Gasteiger partial charge in [0.15, 0.2) is 5.82 Å². The van der Waals surface area contributed by atoms with E-state index in [1.54, 1.807) is 11.3 Å². The fraction of sp³-hybridized carbons (Fsp3) is 0.500. The molecule has 1 fully saturated rings. The summed E-state index contributed by atoms with van der Waals surface area (Å²) in [5.41, 5.74) is 5.11. The molecule has 0 atom stereocenters. The Bertz CT molecular complexity index is 876. The van der Waals surface area contributed by atoms with Crippen molar-refractivity contribution in [3.63, 3.8) is 0 Å². The number of aryl methyl sites for hydroxylation is 3. The van der Waals surface area contributed by atoms with Crippen LogP contribution >= 0.6 is 33.9 Å². The molecule has 1 aliphatic rings. The van der Waals surface area contributed by atoms with Crippen LogP contribution in [0.5, 0.6) is 0 Å². The van der Waals surface area contributed by atoms with E-state index in [2.05, 4.69) is 41.8 Å². The number of hydrogen-bond acceptors (Lipinski definition) is 4. The number of rotatable bonds is 4. The van der Waals surface area contributed by atoms with Crippen LogP contribution in [0.1, 0.15) is 29.7 Å². The third-order valence-electron chi connectivity index (χ3n) is 4.58.